The predicted octanol–water partition coefficient (Wildman–Crippen LogP) is 6.66. The van der Waals surface area contributed by atoms with Crippen molar-refractivity contribution < 1.29 is 23.9 Å². The van der Waals surface area contributed by atoms with Gasteiger partial charge in [-0.05, 0) is 64.9 Å². The number of ketones is 1. The fourth-order valence-electron chi connectivity index (χ4n) is 5.91. The number of amides is 2. The highest BCUT2D eigenvalue weighted by atomic mass is 32.1. The molecule has 2 unspecified atom stereocenters. The van der Waals surface area contributed by atoms with Crippen LogP contribution in [0.25, 0.3) is 21.6 Å². The van der Waals surface area contributed by atoms with E-state index < -0.39 is 17.2 Å². The lowest BCUT2D eigenvalue weighted by molar-refractivity contribution is -0.127. The molecular formula is C37H46N6O5S. The second kappa shape index (κ2) is 16.7. The molecule has 0 aliphatic carbocycles. The van der Waals surface area contributed by atoms with Crippen molar-refractivity contribution in [2.75, 3.05) is 26.8 Å². The zero-order valence-electron chi connectivity index (χ0n) is 29.2. The zero-order chi connectivity index (χ0) is 35.7. The van der Waals surface area contributed by atoms with Crippen LogP contribution in [-0.4, -0.2) is 75.9 Å². The van der Waals surface area contributed by atoms with Crippen molar-refractivity contribution in [1.29, 1.82) is 5.26 Å². The van der Waals surface area contributed by atoms with Crippen LogP contribution in [0.15, 0.2) is 55.0 Å². The molecule has 1 aliphatic rings. The maximum Gasteiger partial charge on any atom is 0.295 e. The summed E-state index contributed by atoms with van der Waals surface area (Å²) < 4.78 is 11.4. The molecule has 49 heavy (non-hydrogen) atoms. The monoisotopic (exact) mass is 686 g/mol. The topological polar surface area (TPSA) is 150 Å². The number of piperidine rings is 1. The number of hydrogen-bond acceptors (Lipinski definition) is 9. The number of nitriles is 1. The summed E-state index contributed by atoms with van der Waals surface area (Å²) in [6.07, 6.45) is 14.7. The number of allylic oxidation sites excluding steroid dienone is 5. The van der Waals surface area contributed by atoms with E-state index in [-0.39, 0.29) is 29.4 Å². The molecule has 2 amide bonds. The van der Waals surface area contributed by atoms with Crippen LogP contribution >= 0.6 is 11.3 Å². The molecule has 0 radical (unpaired) electrons. The lowest BCUT2D eigenvalue weighted by atomic mass is 9.80. The van der Waals surface area contributed by atoms with Crippen LogP contribution in [0.3, 0.4) is 0 Å². The van der Waals surface area contributed by atoms with Crippen molar-refractivity contribution in [3.8, 4) is 22.5 Å². The lowest BCUT2D eigenvalue weighted by Crippen LogP contribution is -2.44. The number of hydrogen-bond donors (Lipinski definition) is 2. The quantitative estimate of drug-likeness (QED) is 0.102. The van der Waals surface area contributed by atoms with Crippen molar-refractivity contribution in [1.82, 2.24) is 25.2 Å². The molecule has 0 saturated carbocycles. The Bertz CT molecular complexity index is 1770. The van der Waals surface area contributed by atoms with Crippen molar-refractivity contribution in [3.05, 3.63) is 65.5 Å². The average Bonchev–Trinajstić information content (AvgIpc) is 3.77. The van der Waals surface area contributed by atoms with Crippen molar-refractivity contribution in [3.63, 3.8) is 0 Å². The summed E-state index contributed by atoms with van der Waals surface area (Å²) in [5.41, 5.74) is 1.46. The van der Waals surface area contributed by atoms with Crippen LogP contribution in [0.4, 0.5) is 0 Å². The first-order valence-corrected chi connectivity index (χ1v) is 17.4. The molecule has 4 rings (SSSR count). The Hall–Kier alpha value is -4.60. The fourth-order valence-corrected chi connectivity index (χ4v) is 6.72. The number of nitrogens with zero attached hydrogens (tertiary/aromatic N) is 4. The molecule has 0 bridgehead atoms. The van der Waals surface area contributed by atoms with E-state index in [9.17, 15) is 19.6 Å². The third kappa shape index (κ3) is 8.71. The van der Waals surface area contributed by atoms with Crippen LogP contribution < -0.4 is 10.1 Å². The van der Waals surface area contributed by atoms with Crippen LogP contribution in [0.1, 0.15) is 80.3 Å². The van der Waals surface area contributed by atoms with Gasteiger partial charge in [0.05, 0.1) is 54.1 Å². The summed E-state index contributed by atoms with van der Waals surface area (Å²) in [5, 5.41) is 13.9. The molecule has 11 nitrogen and oxygen atoms in total. The number of carbonyl (C=O) groups excluding carboxylic acids is 3. The smallest absolute Gasteiger partial charge is 0.295 e. The summed E-state index contributed by atoms with van der Waals surface area (Å²) in [7, 11) is 1.47. The number of carbonyl (C=O) groups is 3. The second-order valence-corrected chi connectivity index (χ2v) is 13.8. The number of pyridine rings is 1. The molecule has 3 aromatic rings. The summed E-state index contributed by atoms with van der Waals surface area (Å²) >= 11 is 1.18. The second-order valence-electron chi connectivity index (χ2n) is 12.8. The maximum atomic E-state index is 13.7. The minimum Gasteiger partial charge on any atom is -0.494 e. The van der Waals surface area contributed by atoms with Crippen molar-refractivity contribution in [2.45, 2.75) is 71.9 Å². The predicted molar refractivity (Wildman–Crippen MR) is 191 cm³/mol. The van der Waals surface area contributed by atoms with E-state index in [1.165, 1.54) is 37.0 Å². The minimum atomic E-state index is -0.670. The number of nitrogens with one attached hydrogen (secondary N) is 2. The zero-order valence-corrected chi connectivity index (χ0v) is 30.0. The molecule has 12 heteroatoms. The molecule has 0 aromatic carbocycles. The van der Waals surface area contributed by atoms with E-state index in [4.69, 9.17) is 9.47 Å². The molecule has 2 N–H and O–H groups in total. The molecule has 1 fully saturated rings. The summed E-state index contributed by atoms with van der Waals surface area (Å²) in [4.78, 5) is 54.5. The van der Waals surface area contributed by atoms with Gasteiger partial charge in [0.25, 0.3) is 17.6 Å². The highest BCUT2D eigenvalue weighted by molar-refractivity contribution is 7.17. The average molecular weight is 687 g/mol. The fraction of sp³-hybridized carbons (Fsp3) is 0.459. The number of H-pyrrole nitrogens is 1. The Balaban J connectivity index is 1.51. The molecule has 4 heterocycles. The summed E-state index contributed by atoms with van der Waals surface area (Å²) in [6.45, 7) is 14.9. The minimum absolute atomic E-state index is 0.0494. The highest BCUT2D eigenvalue weighted by Gasteiger charge is 2.34. The van der Waals surface area contributed by atoms with Gasteiger partial charge in [-0.2, -0.15) is 5.26 Å². The Morgan fingerprint density at radius 1 is 1.27 bits per heavy atom. The Labute approximate surface area is 292 Å². The molecule has 0 spiro atoms. The largest absolute Gasteiger partial charge is 0.494 e. The Morgan fingerprint density at radius 2 is 2.00 bits per heavy atom. The number of aromatic nitrogens is 3. The molecular weight excluding hydrogens is 641 g/mol. The number of likely N-dealkylation sites (tertiary alicyclic amines) is 1. The molecule has 2 atom stereocenters. The molecule has 3 aromatic heterocycles. The van der Waals surface area contributed by atoms with Crippen LogP contribution in [0.2, 0.25) is 0 Å². The van der Waals surface area contributed by atoms with Crippen molar-refractivity contribution >= 4 is 39.8 Å². The normalized spacial score (nSPS) is 15.6. The lowest BCUT2D eigenvalue weighted by Gasteiger charge is -2.34. The Morgan fingerprint density at radius 3 is 2.63 bits per heavy atom. The summed E-state index contributed by atoms with van der Waals surface area (Å²) in [5.74, 6) is -1.49. The standard InChI is InChI=1S/C37H46N6O5S/c1-8-11-24(12-9-2)26(19-38)25-13-16-43(17-14-25)36(46)33(44)27-20-39-31-30(27)28(47-7)21-40-32(31)35-41-22-29(49-35)34(45)42-37(5,6)15-18-48-23(4)10-3/h8-9,11-12,20-23,25-26,39H,1,10,13-18H2,2-7H3,(H,42,45)/b12-9-,24-11+. The van der Waals surface area contributed by atoms with Gasteiger partial charge in [0, 0.05) is 31.4 Å². The van der Waals surface area contributed by atoms with Crippen LogP contribution in [0.5, 0.6) is 5.75 Å². The van der Waals surface area contributed by atoms with Crippen LogP contribution in [-0.2, 0) is 9.53 Å². The van der Waals surface area contributed by atoms with E-state index in [2.05, 4.69) is 39.8 Å². The van der Waals surface area contributed by atoms with Crippen molar-refractivity contribution in [2.24, 2.45) is 11.8 Å². The number of fused-ring (bicyclic) bond motifs is 1. The van der Waals surface area contributed by atoms with Gasteiger partial charge in [-0.1, -0.05) is 37.8 Å². The van der Waals surface area contributed by atoms with E-state index in [0.717, 1.165) is 12.0 Å². The van der Waals surface area contributed by atoms with E-state index in [1.807, 2.05) is 45.9 Å². The first kappa shape index (κ1) is 37.2. The third-order valence-electron chi connectivity index (χ3n) is 8.89. The van der Waals surface area contributed by atoms with Gasteiger partial charge in [-0.3, -0.25) is 14.4 Å². The van der Waals surface area contributed by atoms with E-state index in [0.29, 0.717) is 71.2 Å². The first-order chi connectivity index (χ1) is 23.5. The number of thiazole rings is 1. The number of rotatable bonds is 15. The van der Waals surface area contributed by atoms with Gasteiger partial charge in [-0.25, -0.2) is 9.97 Å². The van der Waals surface area contributed by atoms with Gasteiger partial charge < -0.3 is 24.7 Å². The van der Waals surface area contributed by atoms with E-state index >= 15 is 0 Å². The van der Waals surface area contributed by atoms with Gasteiger partial charge in [0.2, 0.25) is 0 Å². The molecule has 260 valence electrons. The number of methoxy groups -OCH3 is 1. The third-order valence-corrected chi connectivity index (χ3v) is 9.89. The van der Waals surface area contributed by atoms with Gasteiger partial charge >= 0.3 is 0 Å². The maximum absolute atomic E-state index is 13.7. The number of aromatic amines is 1. The van der Waals surface area contributed by atoms with Gasteiger partial charge in [0.1, 0.15) is 21.3 Å². The summed E-state index contributed by atoms with van der Waals surface area (Å²) in [6, 6.07) is 2.42. The first-order valence-electron chi connectivity index (χ1n) is 16.6. The molecule has 1 saturated heterocycles. The van der Waals surface area contributed by atoms with E-state index in [1.54, 1.807) is 11.0 Å². The highest BCUT2D eigenvalue weighted by Crippen LogP contribution is 2.37. The number of Topliss-reactive ketones (excluding diaryl/α,β-unsaturated/α-hetero) is 1. The van der Waals surface area contributed by atoms with Crippen LogP contribution in [0, 0.1) is 23.2 Å². The SMILES string of the molecule is C=C/C=C(\C=C/C)C(C#N)C1CCN(C(=O)C(=O)c2c[nH]c3c(-c4ncc(C(=O)NC(C)(C)CCOC(C)CC)s4)ncc(OC)c23)CC1. The number of ether oxygens (including phenoxy) is 2. The Kier molecular flexibility index (Phi) is 12.7. The van der Waals surface area contributed by atoms with Gasteiger partial charge in [0.15, 0.2) is 0 Å². The van der Waals surface area contributed by atoms with Gasteiger partial charge in [-0.15, -0.1) is 11.3 Å². The molecule has 1 aliphatic heterocycles.